The topological polar surface area (TPSA) is 26.3 Å². The summed E-state index contributed by atoms with van der Waals surface area (Å²) in [5.74, 6) is -0.0988. The molecule has 4 heteroatoms. The van der Waals surface area contributed by atoms with E-state index in [4.69, 9.17) is 11.6 Å². The summed E-state index contributed by atoms with van der Waals surface area (Å²) in [6, 6.07) is 3.81. The van der Waals surface area contributed by atoms with Crippen molar-refractivity contribution in [3.8, 4) is 5.75 Å². The average Bonchev–Trinajstić information content (AvgIpc) is 1.94. The Morgan fingerprint density at radius 2 is 2.25 bits per heavy atom. The summed E-state index contributed by atoms with van der Waals surface area (Å²) in [5.41, 5.74) is -0.395. The van der Waals surface area contributed by atoms with Gasteiger partial charge in [-0.15, -0.1) is 0 Å². The summed E-state index contributed by atoms with van der Waals surface area (Å²) >= 11 is 4.97. The Kier molecular flexibility index (Phi) is 2.65. The van der Waals surface area contributed by atoms with E-state index < -0.39 is 5.43 Å². The van der Waals surface area contributed by atoms with Crippen LogP contribution in [0.5, 0.6) is 5.75 Å². The van der Waals surface area contributed by atoms with E-state index >= 15 is 0 Å². The maximum Gasteiger partial charge on any atom is 0.409 e. The maximum absolute atomic E-state index is 12.5. The van der Waals surface area contributed by atoms with Gasteiger partial charge in [-0.2, -0.15) is 0 Å². The highest BCUT2D eigenvalue weighted by Crippen LogP contribution is 2.18. The number of aryl methyl sites for hydroxylation is 1. The Morgan fingerprint density at radius 3 is 2.75 bits per heavy atom. The highest BCUT2D eigenvalue weighted by atomic mass is 35.5. The van der Waals surface area contributed by atoms with Gasteiger partial charge in [0.2, 0.25) is 0 Å². The van der Waals surface area contributed by atoms with Crippen LogP contribution in [0.25, 0.3) is 0 Å². The number of rotatable bonds is 1. The first-order valence-electron chi connectivity index (χ1n) is 3.23. The monoisotopic (exact) mass is 188 g/mol. The lowest BCUT2D eigenvalue weighted by molar-refractivity contribution is 0.225. The first-order chi connectivity index (χ1) is 5.59. The number of halogens is 2. The number of hydrogen-bond donors (Lipinski definition) is 0. The smallest absolute Gasteiger partial charge is 0.409 e. The first-order valence-corrected chi connectivity index (χ1v) is 3.61. The van der Waals surface area contributed by atoms with Crippen LogP contribution in [0.15, 0.2) is 18.2 Å². The van der Waals surface area contributed by atoms with Crippen molar-refractivity contribution in [2.75, 3.05) is 0 Å². The van der Waals surface area contributed by atoms with Gasteiger partial charge in [0.05, 0.1) is 0 Å². The van der Waals surface area contributed by atoms with Crippen LogP contribution in [0.1, 0.15) is 5.56 Å². The summed E-state index contributed by atoms with van der Waals surface area (Å²) in [5, 5.41) is 0. The highest BCUT2D eigenvalue weighted by Gasteiger charge is 2.03. The summed E-state index contributed by atoms with van der Waals surface area (Å²) in [4.78, 5) is 10.3. The fourth-order valence-corrected chi connectivity index (χ4v) is 0.897. The second-order valence-corrected chi connectivity index (χ2v) is 2.56. The van der Waals surface area contributed by atoms with Crippen molar-refractivity contribution in [3.05, 3.63) is 29.6 Å². The van der Waals surface area contributed by atoms with Crippen LogP contribution in [0.4, 0.5) is 9.18 Å². The molecule has 0 aliphatic rings. The highest BCUT2D eigenvalue weighted by molar-refractivity contribution is 6.61. The van der Waals surface area contributed by atoms with Crippen LogP contribution in [0, 0.1) is 12.7 Å². The molecule has 1 aromatic carbocycles. The standard InChI is InChI=1S/C8H6ClFO2/c1-5-4-6(10)2-3-7(5)12-8(9)11/h2-4H,1H3. The number of benzene rings is 1. The largest absolute Gasteiger partial charge is 0.414 e. The molecule has 0 atom stereocenters. The fraction of sp³-hybridized carbons (Fsp3) is 0.125. The van der Waals surface area contributed by atoms with Gasteiger partial charge >= 0.3 is 5.43 Å². The molecular formula is C8H6ClFO2. The lowest BCUT2D eigenvalue weighted by Crippen LogP contribution is -1.97. The van der Waals surface area contributed by atoms with E-state index in [1.54, 1.807) is 6.92 Å². The fourth-order valence-electron chi connectivity index (χ4n) is 0.814. The van der Waals surface area contributed by atoms with Crippen LogP contribution in [-0.4, -0.2) is 5.43 Å². The van der Waals surface area contributed by atoms with Crippen molar-refractivity contribution in [3.63, 3.8) is 0 Å². The molecule has 0 aliphatic heterocycles. The van der Waals surface area contributed by atoms with Crippen molar-refractivity contribution < 1.29 is 13.9 Å². The molecule has 0 aromatic heterocycles. The minimum Gasteiger partial charge on any atom is -0.414 e. The molecule has 0 fully saturated rings. The zero-order valence-corrected chi connectivity index (χ0v) is 7.06. The van der Waals surface area contributed by atoms with Gasteiger partial charge in [-0.1, -0.05) is 0 Å². The quantitative estimate of drug-likeness (QED) is 0.634. The molecule has 0 radical (unpaired) electrons. The van der Waals surface area contributed by atoms with Crippen molar-refractivity contribution in [1.29, 1.82) is 0 Å². The number of carbonyl (C=O) groups excluding carboxylic acids is 1. The molecule has 2 nitrogen and oxygen atoms in total. The molecule has 12 heavy (non-hydrogen) atoms. The molecular weight excluding hydrogens is 183 g/mol. The lowest BCUT2D eigenvalue weighted by Gasteiger charge is -2.02. The minimum absolute atomic E-state index is 0.274. The van der Waals surface area contributed by atoms with E-state index in [0.717, 1.165) is 0 Å². The van der Waals surface area contributed by atoms with Crippen LogP contribution in [0.3, 0.4) is 0 Å². The van der Waals surface area contributed by atoms with Crippen molar-refractivity contribution >= 4 is 17.0 Å². The van der Waals surface area contributed by atoms with Gasteiger partial charge in [0.25, 0.3) is 0 Å². The van der Waals surface area contributed by atoms with E-state index in [-0.39, 0.29) is 11.6 Å². The number of hydrogen-bond acceptors (Lipinski definition) is 2. The molecule has 0 bridgehead atoms. The molecule has 1 rings (SSSR count). The van der Waals surface area contributed by atoms with E-state index in [0.29, 0.717) is 5.56 Å². The van der Waals surface area contributed by atoms with Gasteiger partial charge in [-0.3, -0.25) is 0 Å². The van der Waals surface area contributed by atoms with Gasteiger partial charge in [0, 0.05) is 11.6 Å². The normalized spacial score (nSPS) is 9.58. The third-order valence-corrected chi connectivity index (χ3v) is 1.40. The maximum atomic E-state index is 12.5. The molecule has 0 heterocycles. The van der Waals surface area contributed by atoms with Crippen LogP contribution < -0.4 is 4.74 Å². The Bertz CT molecular complexity index is 312. The lowest BCUT2D eigenvalue weighted by atomic mass is 10.2. The Balaban J connectivity index is 2.93. The summed E-state index contributed by atoms with van der Waals surface area (Å²) < 4.78 is 17.1. The molecule has 0 saturated carbocycles. The molecule has 0 aliphatic carbocycles. The van der Waals surface area contributed by atoms with Crippen LogP contribution >= 0.6 is 11.6 Å². The number of carbonyl (C=O) groups is 1. The van der Waals surface area contributed by atoms with Gasteiger partial charge in [0.1, 0.15) is 11.6 Å². The summed E-state index contributed by atoms with van der Waals surface area (Å²) in [6.07, 6.45) is 0. The number of ether oxygens (including phenoxy) is 1. The zero-order valence-electron chi connectivity index (χ0n) is 6.30. The second-order valence-electron chi connectivity index (χ2n) is 2.25. The molecule has 64 valence electrons. The third kappa shape index (κ3) is 2.20. The third-order valence-electron chi connectivity index (χ3n) is 1.33. The van der Waals surface area contributed by atoms with E-state index in [1.807, 2.05) is 0 Å². The SMILES string of the molecule is Cc1cc(F)ccc1OC(=O)Cl. The predicted molar refractivity (Wildman–Crippen MR) is 43.0 cm³/mol. The van der Waals surface area contributed by atoms with Crippen LogP contribution in [-0.2, 0) is 0 Å². The van der Waals surface area contributed by atoms with Crippen LogP contribution in [0.2, 0.25) is 0 Å². The second kappa shape index (κ2) is 3.54. The molecule has 0 amide bonds. The molecule has 0 saturated heterocycles. The Morgan fingerprint density at radius 1 is 1.58 bits per heavy atom. The zero-order chi connectivity index (χ0) is 9.14. The van der Waals surface area contributed by atoms with Crippen molar-refractivity contribution in [2.45, 2.75) is 6.92 Å². The van der Waals surface area contributed by atoms with Gasteiger partial charge in [-0.05, 0) is 30.7 Å². The van der Waals surface area contributed by atoms with Gasteiger partial charge in [-0.25, -0.2) is 9.18 Å². The van der Waals surface area contributed by atoms with Crippen molar-refractivity contribution in [1.82, 2.24) is 0 Å². The first kappa shape index (κ1) is 9.00. The van der Waals surface area contributed by atoms with E-state index in [2.05, 4.69) is 4.74 Å². The van der Waals surface area contributed by atoms with Gasteiger partial charge < -0.3 is 4.74 Å². The minimum atomic E-state index is -0.926. The summed E-state index contributed by atoms with van der Waals surface area (Å²) in [7, 11) is 0. The summed E-state index contributed by atoms with van der Waals surface area (Å²) in [6.45, 7) is 1.62. The molecule has 0 spiro atoms. The molecule has 0 unspecified atom stereocenters. The molecule has 0 N–H and O–H groups in total. The van der Waals surface area contributed by atoms with Crippen molar-refractivity contribution in [2.24, 2.45) is 0 Å². The van der Waals surface area contributed by atoms with Gasteiger partial charge in [0.15, 0.2) is 0 Å². The Labute approximate surface area is 73.9 Å². The predicted octanol–water partition coefficient (Wildman–Crippen LogP) is 2.87. The van der Waals surface area contributed by atoms with E-state index in [1.165, 1.54) is 18.2 Å². The Hall–Kier alpha value is -1.09. The average molecular weight is 189 g/mol. The van der Waals surface area contributed by atoms with E-state index in [9.17, 15) is 9.18 Å². The molecule has 1 aromatic rings.